The molecule has 0 bridgehead atoms. The molecule has 0 aliphatic heterocycles. The van der Waals surface area contributed by atoms with Crippen LogP contribution in [0.1, 0.15) is 44.9 Å². The van der Waals surface area contributed by atoms with E-state index in [1.54, 1.807) is 0 Å². The minimum absolute atomic E-state index is 0. The minimum Gasteiger partial charge on any atom is -0.228 e. The molecular weight excluding hydrogens is 370 g/mol. The summed E-state index contributed by atoms with van der Waals surface area (Å²) in [6.07, 6.45) is 0. The average molecular weight is 398 g/mol. The van der Waals surface area contributed by atoms with E-state index in [2.05, 4.69) is 63.0 Å². The summed E-state index contributed by atoms with van der Waals surface area (Å²) in [6, 6.07) is 15.8. The Hall–Kier alpha value is -3.73. The SMILES string of the molecule is C.C=Nc1nc(N=C(C)c2cc(C(=C)C)cc(C(=C)C)c2)nc(-c2ccccc2)n1. The highest BCUT2D eigenvalue weighted by Gasteiger charge is 2.10. The molecule has 0 saturated heterocycles. The van der Waals surface area contributed by atoms with Crippen LogP contribution in [0.4, 0.5) is 11.9 Å². The van der Waals surface area contributed by atoms with E-state index in [0.29, 0.717) is 5.82 Å². The van der Waals surface area contributed by atoms with Crippen molar-refractivity contribution in [1.82, 2.24) is 15.0 Å². The normalized spacial score (nSPS) is 10.8. The monoisotopic (exact) mass is 397 g/mol. The Morgan fingerprint density at radius 2 is 1.30 bits per heavy atom. The summed E-state index contributed by atoms with van der Waals surface area (Å²) in [4.78, 5) is 21.6. The number of nitrogens with zero attached hydrogens (tertiary/aromatic N) is 5. The van der Waals surface area contributed by atoms with E-state index in [0.717, 1.165) is 39.1 Å². The van der Waals surface area contributed by atoms with Crippen molar-refractivity contribution in [2.75, 3.05) is 0 Å². The highest BCUT2D eigenvalue weighted by atomic mass is 15.2. The quantitative estimate of drug-likeness (QED) is 0.434. The zero-order valence-corrected chi connectivity index (χ0v) is 17.0. The molecule has 0 saturated carbocycles. The van der Waals surface area contributed by atoms with E-state index in [9.17, 15) is 0 Å². The van der Waals surface area contributed by atoms with Gasteiger partial charge < -0.3 is 0 Å². The molecule has 2 aromatic carbocycles. The fourth-order valence-corrected chi connectivity index (χ4v) is 2.73. The second-order valence-corrected chi connectivity index (χ2v) is 6.84. The van der Waals surface area contributed by atoms with Gasteiger partial charge in [-0.3, -0.25) is 0 Å². The molecule has 30 heavy (non-hydrogen) atoms. The van der Waals surface area contributed by atoms with Gasteiger partial charge in [-0.15, -0.1) is 0 Å². The molecule has 5 nitrogen and oxygen atoms in total. The molecule has 1 aromatic heterocycles. The molecule has 0 atom stereocenters. The van der Waals surface area contributed by atoms with Gasteiger partial charge in [-0.25, -0.2) is 9.98 Å². The molecule has 3 rings (SSSR count). The van der Waals surface area contributed by atoms with Gasteiger partial charge in [0.15, 0.2) is 5.82 Å². The summed E-state index contributed by atoms with van der Waals surface area (Å²) in [5, 5.41) is 0. The van der Waals surface area contributed by atoms with Gasteiger partial charge in [-0.1, -0.05) is 62.1 Å². The van der Waals surface area contributed by atoms with Crippen molar-refractivity contribution < 1.29 is 0 Å². The molecule has 5 heteroatoms. The molecule has 0 amide bonds. The standard InChI is InChI=1S/C24H23N5.CH4/c1-15(2)19-12-20(16(3)4)14-21(13-19)17(5)26-24-28-22(27-23(25-6)29-24)18-10-8-7-9-11-18;/h7-14H,1,3,6H2,2,4-5H3;1H4. The molecule has 0 spiro atoms. The molecule has 1 heterocycles. The fourth-order valence-electron chi connectivity index (χ4n) is 2.73. The van der Waals surface area contributed by atoms with E-state index in [1.165, 1.54) is 0 Å². The highest BCUT2D eigenvalue weighted by molar-refractivity contribution is 6.01. The maximum Gasteiger partial charge on any atom is 0.255 e. The van der Waals surface area contributed by atoms with E-state index in [1.807, 2.05) is 51.1 Å². The number of aliphatic imine (C=N–C) groups is 2. The van der Waals surface area contributed by atoms with Gasteiger partial charge in [0.25, 0.3) is 11.9 Å². The Balaban J connectivity index is 0.00000320. The number of hydrogen-bond donors (Lipinski definition) is 0. The van der Waals surface area contributed by atoms with E-state index < -0.39 is 0 Å². The minimum atomic E-state index is 0. The van der Waals surface area contributed by atoms with Crippen molar-refractivity contribution >= 4 is 35.5 Å². The van der Waals surface area contributed by atoms with Crippen molar-refractivity contribution in [3.63, 3.8) is 0 Å². The highest BCUT2D eigenvalue weighted by Crippen LogP contribution is 2.24. The van der Waals surface area contributed by atoms with Gasteiger partial charge in [0, 0.05) is 11.3 Å². The Morgan fingerprint density at radius 3 is 1.83 bits per heavy atom. The molecule has 0 aliphatic rings. The van der Waals surface area contributed by atoms with Crippen molar-refractivity contribution in [3.8, 4) is 11.4 Å². The Kier molecular flexibility index (Phi) is 7.26. The van der Waals surface area contributed by atoms with Crippen LogP contribution in [0.25, 0.3) is 22.5 Å². The second-order valence-electron chi connectivity index (χ2n) is 6.84. The van der Waals surface area contributed by atoms with Crippen LogP contribution in [0.5, 0.6) is 0 Å². The number of benzene rings is 2. The molecule has 0 radical (unpaired) electrons. The first-order chi connectivity index (χ1) is 13.9. The van der Waals surface area contributed by atoms with Crippen LogP contribution >= 0.6 is 0 Å². The summed E-state index contributed by atoms with van der Waals surface area (Å²) >= 11 is 0. The molecule has 0 N–H and O–H groups in total. The maximum atomic E-state index is 4.63. The number of aromatic nitrogens is 3. The van der Waals surface area contributed by atoms with Crippen LogP contribution in [0.2, 0.25) is 0 Å². The van der Waals surface area contributed by atoms with Crippen LogP contribution in [0.3, 0.4) is 0 Å². The topological polar surface area (TPSA) is 63.4 Å². The first-order valence-electron chi connectivity index (χ1n) is 9.18. The number of rotatable bonds is 6. The summed E-state index contributed by atoms with van der Waals surface area (Å²) < 4.78 is 0. The lowest BCUT2D eigenvalue weighted by molar-refractivity contribution is 1.04. The van der Waals surface area contributed by atoms with Crippen LogP contribution < -0.4 is 0 Å². The van der Waals surface area contributed by atoms with Gasteiger partial charge in [0.1, 0.15) is 0 Å². The number of hydrogen-bond acceptors (Lipinski definition) is 5. The Bertz CT molecular complexity index is 1100. The lowest BCUT2D eigenvalue weighted by atomic mass is 9.97. The summed E-state index contributed by atoms with van der Waals surface area (Å²) in [6.45, 7) is 17.5. The summed E-state index contributed by atoms with van der Waals surface area (Å²) in [5.41, 5.74) is 6.64. The first kappa shape index (κ1) is 22.6. The van der Waals surface area contributed by atoms with Crippen molar-refractivity contribution in [2.45, 2.75) is 28.2 Å². The van der Waals surface area contributed by atoms with Gasteiger partial charge in [-0.2, -0.15) is 15.0 Å². The van der Waals surface area contributed by atoms with Crippen LogP contribution in [0, 0.1) is 0 Å². The average Bonchev–Trinajstić information content (AvgIpc) is 2.73. The number of allylic oxidation sites excluding steroid dienone is 2. The summed E-state index contributed by atoms with van der Waals surface area (Å²) in [5.74, 6) is 1.04. The Labute approximate surface area is 178 Å². The van der Waals surface area contributed by atoms with Crippen molar-refractivity contribution in [3.05, 3.63) is 78.4 Å². The second kappa shape index (κ2) is 9.65. The third-order valence-corrected chi connectivity index (χ3v) is 4.39. The maximum absolute atomic E-state index is 4.63. The largest absolute Gasteiger partial charge is 0.255 e. The molecular formula is C25H27N5. The zero-order chi connectivity index (χ0) is 21.0. The van der Waals surface area contributed by atoms with E-state index in [-0.39, 0.29) is 19.3 Å². The van der Waals surface area contributed by atoms with E-state index in [4.69, 9.17) is 0 Å². The predicted octanol–water partition coefficient (Wildman–Crippen LogP) is 6.71. The molecule has 0 fully saturated rings. The van der Waals surface area contributed by atoms with Crippen molar-refractivity contribution in [1.29, 1.82) is 0 Å². The predicted molar refractivity (Wildman–Crippen MR) is 129 cm³/mol. The molecule has 0 unspecified atom stereocenters. The van der Waals surface area contributed by atoms with Crippen LogP contribution in [-0.4, -0.2) is 27.4 Å². The third kappa shape index (κ3) is 5.20. The zero-order valence-electron chi connectivity index (χ0n) is 17.0. The Morgan fingerprint density at radius 1 is 0.767 bits per heavy atom. The van der Waals surface area contributed by atoms with Gasteiger partial charge in [-0.05, 0) is 62.4 Å². The van der Waals surface area contributed by atoms with Crippen LogP contribution in [-0.2, 0) is 0 Å². The fraction of sp³-hybridized carbons (Fsp3) is 0.160. The molecule has 152 valence electrons. The first-order valence-corrected chi connectivity index (χ1v) is 9.18. The molecule has 0 aliphatic carbocycles. The van der Waals surface area contributed by atoms with Gasteiger partial charge in [0.05, 0.1) is 0 Å². The van der Waals surface area contributed by atoms with Gasteiger partial charge >= 0.3 is 0 Å². The van der Waals surface area contributed by atoms with Crippen molar-refractivity contribution in [2.24, 2.45) is 9.98 Å². The van der Waals surface area contributed by atoms with E-state index >= 15 is 0 Å². The van der Waals surface area contributed by atoms with Gasteiger partial charge in [0.2, 0.25) is 0 Å². The molecule has 3 aromatic rings. The van der Waals surface area contributed by atoms with Crippen LogP contribution in [0.15, 0.2) is 71.7 Å². The third-order valence-electron chi connectivity index (χ3n) is 4.39. The lowest BCUT2D eigenvalue weighted by Gasteiger charge is -2.10. The smallest absolute Gasteiger partial charge is 0.228 e. The summed E-state index contributed by atoms with van der Waals surface area (Å²) in [7, 11) is 0. The lowest BCUT2D eigenvalue weighted by Crippen LogP contribution is -1.99.